The third kappa shape index (κ3) is 6.29. The van der Waals surface area contributed by atoms with Gasteiger partial charge in [0.25, 0.3) is 0 Å². The van der Waals surface area contributed by atoms with Gasteiger partial charge in [0.05, 0.1) is 12.2 Å². The number of thiazole rings is 1. The van der Waals surface area contributed by atoms with Gasteiger partial charge >= 0.3 is 0 Å². The van der Waals surface area contributed by atoms with Crippen LogP contribution in [0.15, 0.2) is 29.3 Å². The minimum Gasteiger partial charge on any atom is -0.352 e. The second-order valence-electron chi connectivity index (χ2n) is 7.55. The first-order valence-electron chi connectivity index (χ1n) is 10.3. The summed E-state index contributed by atoms with van der Waals surface area (Å²) in [6.07, 6.45) is 5.59. The lowest BCUT2D eigenvalue weighted by atomic mass is 9.88. The van der Waals surface area contributed by atoms with Crippen molar-refractivity contribution in [1.82, 2.24) is 15.6 Å². The van der Waals surface area contributed by atoms with Gasteiger partial charge in [0.15, 0.2) is 5.96 Å². The number of anilines is 1. The molecular formula is C22H31N5OS. The van der Waals surface area contributed by atoms with Gasteiger partial charge in [-0.25, -0.2) is 4.98 Å². The molecule has 1 aliphatic carbocycles. The Kier molecular flexibility index (Phi) is 7.63. The SMILES string of the molecule is CN=C(NCc1cccc(NC(=O)C2CCCCC2)c1)NCc1nc(C)c(C)s1. The zero-order chi connectivity index (χ0) is 20.6. The number of hydrogen-bond donors (Lipinski definition) is 3. The van der Waals surface area contributed by atoms with Crippen LogP contribution in [0.25, 0.3) is 0 Å². The zero-order valence-corrected chi connectivity index (χ0v) is 18.4. The molecule has 156 valence electrons. The summed E-state index contributed by atoms with van der Waals surface area (Å²) in [4.78, 5) is 22.5. The van der Waals surface area contributed by atoms with E-state index in [1.54, 1.807) is 18.4 Å². The van der Waals surface area contributed by atoms with Gasteiger partial charge in [-0.15, -0.1) is 11.3 Å². The summed E-state index contributed by atoms with van der Waals surface area (Å²) in [6, 6.07) is 7.99. The molecule has 0 radical (unpaired) electrons. The molecule has 0 unspecified atom stereocenters. The Bertz CT molecular complexity index is 835. The van der Waals surface area contributed by atoms with Crippen LogP contribution in [0, 0.1) is 19.8 Å². The highest BCUT2D eigenvalue weighted by Crippen LogP contribution is 2.25. The summed E-state index contributed by atoms with van der Waals surface area (Å²) in [5.41, 5.74) is 3.04. The summed E-state index contributed by atoms with van der Waals surface area (Å²) in [6.45, 7) is 5.39. The van der Waals surface area contributed by atoms with Crippen LogP contribution in [0.4, 0.5) is 5.69 Å². The molecule has 0 bridgehead atoms. The normalized spacial score (nSPS) is 15.2. The van der Waals surface area contributed by atoms with Gasteiger partial charge in [-0.05, 0) is 44.4 Å². The molecule has 3 rings (SSSR count). The molecule has 29 heavy (non-hydrogen) atoms. The third-order valence-electron chi connectivity index (χ3n) is 5.33. The molecule has 2 aromatic rings. The van der Waals surface area contributed by atoms with Gasteiger partial charge in [0.1, 0.15) is 5.01 Å². The molecule has 1 fully saturated rings. The first-order chi connectivity index (χ1) is 14.0. The maximum absolute atomic E-state index is 12.5. The maximum atomic E-state index is 12.5. The minimum absolute atomic E-state index is 0.154. The molecule has 0 spiro atoms. The number of rotatable bonds is 6. The molecular weight excluding hydrogens is 382 g/mol. The van der Waals surface area contributed by atoms with Crippen molar-refractivity contribution in [2.45, 2.75) is 59.0 Å². The molecule has 0 atom stereocenters. The van der Waals surface area contributed by atoms with Crippen LogP contribution in [-0.4, -0.2) is 23.9 Å². The maximum Gasteiger partial charge on any atom is 0.227 e. The summed E-state index contributed by atoms with van der Waals surface area (Å²) in [5, 5.41) is 10.8. The lowest BCUT2D eigenvalue weighted by molar-refractivity contribution is -0.120. The zero-order valence-electron chi connectivity index (χ0n) is 17.5. The number of hydrogen-bond acceptors (Lipinski definition) is 4. The average Bonchev–Trinajstić information content (AvgIpc) is 3.06. The van der Waals surface area contributed by atoms with Gasteiger partial charge in [-0.2, -0.15) is 0 Å². The standard InChI is InChI=1S/C22H31N5OS/c1-15-16(2)29-20(26-15)14-25-22(23-3)24-13-17-8-7-11-19(12-17)27-21(28)18-9-5-4-6-10-18/h7-8,11-12,18H,4-6,9-10,13-14H2,1-3H3,(H,27,28)(H2,23,24,25). The molecule has 6 nitrogen and oxygen atoms in total. The van der Waals surface area contributed by atoms with Gasteiger partial charge in [0.2, 0.25) is 5.91 Å². The van der Waals surface area contributed by atoms with E-state index in [9.17, 15) is 4.79 Å². The van der Waals surface area contributed by atoms with E-state index in [0.717, 1.165) is 53.6 Å². The predicted octanol–water partition coefficient (Wildman–Crippen LogP) is 4.14. The van der Waals surface area contributed by atoms with Gasteiger partial charge < -0.3 is 16.0 Å². The number of carbonyl (C=O) groups is 1. The number of aliphatic imine (C=N–C) groups is 1. The molecule has 1 aliphatic rings. The Morgan fingerprint density at radius 2 is 1.93 bits per heavy atom. The molecule has 0 aliphatic heterocycles. The Hall–Kier alpha value is -2.41. The van der Waals surface area contributed by atoms with Crippen LogP contribution in [0.5, 0.6) is 0 Å². The highest BCUT2D eigenvalue weighted by molar-refractivity contribution is 7.11. The number of nitrogens with zero attached hydrogens (tertiary/aromatic N) is 2. The molecule has 1 aromatic heterocycles. The van der Waals surface area contributed by atoms with Crippen LogP contribution in [0.3, 0.4) is 0 Å². The van der Waals surface area contributed by atoms with Crippen molar-refractivity contribution in [3.05, 3.63) is 45.4 Å². The van der Waals surface area contributed by atoms with Crippen molar-refractivity contribution < 1.29 is 4.79 Å². The van der Waals surface area contributed by atoms with Crippen LogP contribution in [0.1, 0.15) is 53.2 Å². The van der Waals surface area contributed by atoms with Gasteiger partial charge in [0, 0.05) is 30.1 Å². The molecule has 1 saturated carbocycles. The van der Waals surface area contributed by atoms with Crippen LogP contribution >= 0.6 is 11.3 Å². The summed E-state index contributed by atoms with van der Waals surface area (Å²) in [5.74, 6) is 1.04. The number of aryl methyl sites for hydroxylation is 2. The number of guanidine groups is 1. The van der Waals surface area contributed by atoms with E-state index < -0.39 is 0 Å². The van der Waals surface area contributed by atoms with Gasteiger partial charge in [-0.1, -0.05) is 31.4 Å². The Balaban J connectivity index is 1.50. The lowest BCUT2D eigenvalue weighted by Gasteiger charge is -2.21. The second kappa shape index (κ2) is 10.4. The van der Waals surface area contributed by atoms with Crippen molar-refractivity contribution in [2.75, 3.05) is 12.4 Å². The topological polar surface area (TPSA) is 78.4 Å². The monoisotopic (exact) mass is 413 g/mol. The molecule has 1 aromatic carbocycles. The fourth-order valence-corrected chi connectivity index (χ4v) is 4.42. The summed E-state index contributed by atoms with van der Waals surface area (Å²) < 4.78 is 0. The quantitative estimate of drug-likeness (QED) is 0.491. The summed E-state index contributed by atoms with van der Waals surface area (Å²) in [7, 11) is 1.76. The smallest absolute Gasteiger partial charge is 0.227 e. The average molecular weight is 414 g/mol. The highest BCUT2D eigenvalue weighted by Gasteiger charge is 2.21. The van der Waals surface area contributed by atoms with Crippen molar-refractivity contribution in [3.8, 4) is 0 Å². The number of carbonyl (C=O) groups excluding carboxylic acids is 1. The van der Waals surface area contributed by atoms with E-state index in [1.807, 2.05) is 31.2 Å². The molecule has 1 heterocycles. The van der Waals surface area contributed by atoms with E-state index in [0.29, 0.717) is 13.1 Å². The second-order valence-corrected chi connectivity index (χ2v) is 8.84. The van der Waals surface area contributed by atoms with Crippen molar-refractivity contribution in [3.63, 3.8) is 0 Å². The first kappa shape index (κ1) is 21.3. The third-order valence-corrected chi connectivity index (χ3v) is 6.41. The molecule has 7 heteroatoms. The van der Waals surface area contributed by atoms with Crippen molar-refractivity contribution in [2.24, 2.45) is 10.9 Å². The van der Waals surface area contributed by atoms with Crippen LogP contribution in [0.2, 0.25) is 0 Å². The number of nitrogens with one attached hydrogen (secondary N) is 3. The summed E-state index contributed by atoms with van der Waals surface area (Å²) >= 11 is 1.70. The van der Waals surface area contributed by atoms with Gasteiger partial charge in [-0.3, -0.25) is 9.79 Å². The van der Waals surface area contributed by atoms with E-state index in [2.05, 4.69) is 32.9 Å². The fraction of sp³-hybridized carbons (Fsp3) is 0.500. The highest BCUT2D eigenvalue weighted by atomic mass is 32.1. The Morgan fingerprint density at radius 1 is 1.17 bits per heavy atom. The van der Waals surface area contributed by atoms with Crippen LogP contribution in [-0.2, 0) is 17.9 Å². The Labute approximate surface area is 177 Å². The first-order valence-corrected chi connectivity index (χ1v) is 11.1. The molecule has 3 N–H and O–H groups in total. The van der Waals surface area contributed by atoms with Crippen molar-refractivity contribution >= 4 is 28.9 Å². The Morgan fingerprint density at radius 3 is 2.62 bits per heavy atom. The van der Waals surface area contributed by atoms with E-state index >= 15 is 0 Å². The number of benzene rings is 1. The van der Waals surface area contributed by atoms with Crippen molar-refractivity contribution in [1.29, 1.82) is 0 Å². The van der Waals surface area contributed by atoms with E-state index in [-0.39, 0.29) is 11.8 Å². The fourth-order valence-electron chi connectivity index (χ4n) is 3.55. The molecule has 1 amide bonds. The van der Waals surface area contributed by atoms with E-state index in [4.69, 9.17) is 0 Å². The molecule has 0 saturated heterocycles. The lowest BCUT2D eigenvalue weighted by Crippen LogP contribution is -2.36. The number of aromatic nitrogens is 1. The number of amides is 1. The van der Waals surface area contributed by atoms with Crippen LogP contribution < -0.4 is 16.0 Å². The predicted molar refractivity (Wildman–Crippen MR) is 120 cm³/mol. The minimum atomic E-state index is 0.154. The van der Waals surface area contributed by atoms with E-state index in [1.165, 1.54) is 11.3 Å². The largest absolute Gasteiger partial charge is 0.352 e.